The van der Waals surface area contributed by atoms with Gasteiger partial charge in [-0.25, -0.2) is 4.98 Å². The minimum atomic E-state index is -0.108. The Morgan fingerprint density at radius 2 is 1.93 bits per heavy atom. The van der Waals surface area contributed by atoms with Gasteiger partial charge in [0.1, 0.15) is 19.3 Å². The number of ether oxygens (including phenoxy) is 2. The summed E-state index contributed by atoms with van der Waals surface area (Å²) in [6, 6.07) is 14.0. The summed E-state index contributed by atoms with van der Waals surface area (Å²) < 4.78 is 12.4. The Morgan fingerprint density at radius 1 is 1.17 bits per heavy atom. The molecule has 29 heavy (non-hydrogen) atoms. The lowest BCUT2D eigenvalue weighted by atomic mass is 10.1. The molecule has 1 aromatic heterocycles. The van der Waals surface area contributed by atoms with Crippen molar-refractivity contribution in [2.45, 2.75) is 25.9 Å². The summed E-state index contributed by atoms with van der Waals surface area (Å²) in [5.74, 6) is 1.51. The van der Waals surface area contributed by atoms with Crippen LogP contribution in [-0.4, -0.2) is 37.7 Å². The van der Waals surface area contributed by atoms with Crippen LogP contribution in [0.4, 0.5) is 0 Å². The van der Waals surface area contributed by atoms with E-state index >= 15 is 0 Å². The topological polar surface area (TPSA) is 64.9 Å². The van der Waals surface area contributed by atoms with E-state index in [1.54, 1.807) is 11.3 Å². The van der Waals surface area contributed by atoms with Gasteiger partial charge in [-0.1, -0.05) is 18.2 Å². The van der Waals surface area contributed by atoms with Crippen molar-refractivity contribution in [3.8, 4) is 11.5 Å². The number of para-hydroxylation sites is 1. The number of benzene rings is 2. The Morgan fingerprint density at radius 3 is 2.72 bits per heavy atom. The number of amides is 1. The minimum Gasteiger partial charge on any atom is -0.486 e. The van der Waals surface area contributed by atoms with Gasteiger partial charge in [0.25, 0.3) is 5.91 Å². The lowest BCUT2D eigenvalue weighted by molar-refractivity contribution is -0.902. The molecule has 1 aliphatic rings. The number of likely N-dealkylation sites (N-methyl/N-ethyl adjacent to an activating group) is 1. The maximum Gasteiger partial charge on any atom is 0.275 e. The van der Waals surface area contributed by atoms with E-state index < -0.39 is 0 Å². The van der Waals surface area contributed by atoms with E-state index in [0.717, 1.165) is 32.5 Å². The number of nitrogens with one attached hydrogen (secondary N) is 2. The van der Waals surface area contributed by atoms with Gasteiger partial charge in [0.2, 0.25) is 0 Å². The summed E-state index contributed by atoms with van der Waals surface area (Å²) in [6.07, 6.45) is 0. The predicted octanol–water partition coefficient (Wildman–Crippen LogP) is 2.52. The SMILES string of the molecule is C[C@H](NC(=O)C[NH+](C)[C@@H](C)c1nc2ccccc2s1)c1ccc2c(c1)OCCO2. The molecule has 0 fully saturated rings. The van der Waals surface area contributed by atoms with Gasteiger partial charge in [-0.05, 0) is 43.7 Å². The quantitative estimate of drug-likeness (QED) is 0.653. The molecule has 0 aliphatic carbocycles. The summed E-state index contributed by atoms with van der Waals surface area (Å²) in [6.45, 7) is 5.60. The Bertz CT molecular complexity index is 986. The minimum absolute atomic E-state index is 0.0119. The summed E-state index contributed by atoms with van der Waals surface area (Å²) in [5, 5.41) is 4.15. The van der Waals surface area contributed by atoms with Gasteiger partial charge in [0, 0.05) is 0 Å². The van der Waals surface area contributed by atoms with Crippen LogP contribution in [0.15, 0.2) is 42.5 Å². The van der Waals surface area contributed by atoms with E-state index in [9.17, 15) is 4.79 Å². The highest BCUT2D eigenvalue weighted by Crippen LogP contribution is 2.32. The maximum absolute atomic E-state index is 12.6. The standard InChI is InChI=1S/C22H25N3O3S/c1-14(16-8-9-18-19(12-16)28-11-10-27-18)23-21(26)13-25(3)15(2)22-24-17-6-4-5-7-20(17)29-22/h4-9,12,14-15H,10-11,13H2,1-3H3,(H,23,26)/p+1/t14-,15-/m0/s1. The van der Waals surface area contributed by atoms with Crippen molar-refractivity contribution < 1.29 is 19.2 Å². The van der Waals surface area contributed by atoms with Crippen LogP contribution in [0.1, 0.15) is 36.5 Å². The molecule has 2 aromatic carbocycles. The molecule has 3 atom stereocenters. The third kappa shape index (κ3) is 4.36. The molecule has 1 unspecified atom stereocenters. The fraction of sp³-hybridized carbons (Fsp3) is 0.364. The highest BCUT2D eigenvalue weighted by atomic mass is 32.1. The van der Waals surface area contributed by atoms with E-state index in [1.165, 1.54) is 4.70 Å². The van der Waals surface area contributed by atoms with Gasteiger partial charge >= 0.3 is 0 Å². The average molecular weight is 413 g/mol. The highest BCUT2D eigenvalue weighted by molar-refractivity contribution is 7.18. The van der Waals surface area contributed by atoms with E-state index in [4.69, 9.17) is 14.5 Å². The molecule has 2 N–H and O–H groups in total. The van der Waals surface area contributed by atoms with Crippen LogP contribution in [0, 0.1) is 0 Å². The maximum atomic E-state index is 12.6. The van der Waals surface area contributed by atoms with Crippen LogP contribution >= 0.6 is 11.3 Å². The van der Waals surface area contributed by atoms with E-state index in [-0.39, 0.29) is 18.0 Å². The average Bonchev–Trinajstić information content (AvgIpc) is 3.16. The Hall–Kier alpha value is -2.64. The molecule has 2 heterocycles. The van der Waals surface area contributed by atoms with Crippen molar-refractivity contribution in [1.29, 1.82) is 0 Å². The van der Waals surface area contributed by atoms with E-state index in [2.05, 4.69) is 18.3 Å². The molecule has 0 saturated carbocycles. The van der Waals surface area contributed by atoms with Gasteiger partial charge in [-0.2, -0.15) is 0 Å². The van der Waals surface area contributed by atoms with Crippen LogP contribution in [0.25, 0.3) is 10.2 Å². The third-order valence-corrected chi connectivity index (χ3v) is 6.52. The molecule has 4 rings (SSSR count). The fourth-order valence-electron chi connectivity index (χ4n) is 3.40. The lowest BCUT2D eigenvalue weighted by Crippen LogP contribution is -3.10. The van der Waals surface area contributed by atoms with E-state index in [0.29, 0.717) is 19.8 Å². The number of thiazole rings is 1. The number of aromatic nitrogens is 1. The molecule has 6 nitrogen and oxygen atoms in total. The molecule has 0 bridgehead atoms. The van der Waals surface area contributed by atoms with Crippen LogP contribution < -0.4 is 19.7 Å². The molecule has 0 saturated heterocycles. The zero-order valence-corrected chi connectivity index (χ0v) is 17.7. The number of hydrogen-bond donors (Lipinski definition) is 2. The molecule has 1 aliphatic heterocycles. The molecule has 0 spiro atoms. The van der Waals surface area contributed by atoms with Crippen molar-refractivity contribution in [3.63, 3.8) is 0 Å². The fourth-order valence-corrected chi connectivity index (χ4v) is 4.51. The summed E-state index contributed by atoms with van der Waals surface area (Å²) in [5.41, 5.74) is 2.02. The first-order chi connectivity index (χ1) is 14.0. The van der Waals surface area contributed by atoms with Gasteiger partial charge in [0.05, 0.1) is 23.3 Å². The Kier molecular flexibility index (Phi) is 5.69. The van der Waals surface area contributed by atoms with E-state index in [1.807, 2.05) is 50.4 Å². The zero-order valence-electron chi connectivity index (χ0n) is 16.9. The van der Waals surface area contributed by atoms with Crippen molar-refractivity contribution in [2.75, 3.05) is 26.8 Å². The first-order valence-corrected chi connectivity index (χ1v) is 10.7. The Labute approximate surface area is 174 Å². The summed E-state index contributed by atoms with van der Waals surface area (Å²) >= 11 is 1.70. The number of carbonyl (C=O) groups excluding carboxylic acids is 1. The zero-order chi connectivity index (χ0) is 20.4. The van der Waals surface area contributed by atoms with Crippen LogP contribution in [0.3, 0.4) is 0 Å². The molecular formula is C22H26N3O3S+. The number of carbonyl (C=O) groups is 1. The smallest absolute Gasteiger partial charge is 0.275 e. The lowest BCUT2D eigenvalue weighted by Gasteiger charge is -2.22. The highest BCUT2D eigenvalue weighted by Gasteiger charge is 2.23. The van der Waals surface area contributed by atoms with Crippen molar-refractivity contribution in [1.82, 2.24) is 10.3 Å². The number of hydrogen-bond acceptors (Lipinski definition) is 5. The predicted molar refractivity (Wildman–Crippen MR) is 114 cm³/mol. The van der Waals surface area contributed by atoms with Gasteiger partial charge < -0.3 is 19.7 Å². The van der Waals surface area contributed by atoms with Crippen molar-refractivity contribution >= 4 is 27.5 Å². The Balaban J connectivity index is 1.37. The van der Waals surface area contributed by atoms with Crippen LogP contribution in [0.2, 0.25) is 0 Å². The van der Waals surface area contributed by atoms with Crippen LogP contribution in [0.5, 0.6) is 11.5 Å². The molecular weight excluding hydrogens is 386 g/mol. The summed E-state index contributed by atoms with van der Waals surface area (Å²) in [7, 11) is 2.03. The molecule has 1 amide bonds. The van der Waals surface area contributed by atoms with Crippen LogP contribution in [-0.2, 0) is 4.79 Å². The summed E-state index contributed by atoms with van der Waals surface area (Å²) in [4.78, 5) is 18.5. The third-order valence-electron chi connectivity index (χ3n) is 5.30. The number of fused-ring (bicyclic) bond motifs is 2. The molecule has 7 heteroatoms. The van der Waals surface area contributed by atoms with Gasteiger partial charge in [-0.3, -0.25) is 4.79 Å². The first kappa shape index (κ1) is 19.7. The molecule has 0 radical (unpaired) electrons. The van der Waals surface area contributed by atoms with Gasteiger partial charge in [-0.15, -0.1) is 11.3 Å². The second-order valence-electron chi connectivity index (χ2n) is 7.46. The second kappa shape index (κ2) is 8.39. The van der Waals surface area contributed by atoms with Crippen molar-refractivity contribution in [2.24, 2.45) is 0 Å². The van der Waals surface area contributed by atoms with Crippen molar-refractivity contribution in [3.05, 3.63) is 53.0 Å². The molecule has 152 valence electrons. The number of nitrogens with zero attached hydrogens (tertiary/aromatic N) is 1. The largest absolute Gasteiger partial charge is 0.486 e. The number of quaternary nitrogens is 1. The molecule has 3 aromatic rings. The number of rotatable bonds is 6. The van der Waals surface area contributed by atoms with Gasteiger partial charge in [0.15, 0.2) is 23.1 Å². The monoisotopic (exact) mass is 412 g/mol. The second-order valence-corrected chi connectivity index (χ2v) is 8.52. The normalized spacial score (nSPS) is 16.2. The first-order valence-electron chi connectivity index (χ1n) is 9.88.